The van der Waals surface area contributed by atoms with Crippen LogP contribution in [0.4, 0.5) is 9.18 Å². The number of thioether (sulfide) groups is 1. The highest BCUT2D eigenvalue weighted by molar-refractivity contribution is 8.00. The number of piperidine rings is 1. The molecule has 1 aromatic carbocycles. The van der Waals surface area contributed by atoms with Gasteiger partial charge in [-0.25, -0.2) is 9.18 Å². The third-order valence-electron chi connectivity index (χ3n) is 4.72. The molecule has 3 amide bonds. The number of likely N-dealkylation sites (tertiary alicyclic amines) is 1. The molecular formula is C17H22FN3O2S. The smallest absolute Gasteiger partial charge is 0.319 e. The molecule has 130 valence electrons. The SMILES string of the molecule is CN(C)C(=O)N1CCC2(CC1)SCCN2C(=O)c1ccccc1F. The Hall–Kier alpha value is -1.76. The second-order valence-electron chi connectivity index (χ2n) is 6.40. The molecule has 0 saturated carbocycles. The normalized spacial score (nSPS) is 19.6. The molecule has 2 aliphatic rings. The Kier molecular flexibility index (Phi) is 4.71. The number of benzene rings is 1. The molecule has 1 aromatic rings. The first-order valence-electron chi connectivity index (χ1n) is 8.11. The zero-order valence-electron chi connectivity index (χ0n) is 14.0. The van der Waals surface area contributed by atoms with Gasteiger partial charge in [-0.3, -0.25) is 4.79 Å². The number of hydrogen-bond acceptors (Lipinski definition) is 3. The highest BCUT2D eigenvalue weighted by atomic mass is 32.2. The molecule has 1 spiro atoms. The maximum Gasteiger partial charge on any atom is 0.319 e. The Labute approximate surface area is 145 Å². The van der Waals surface area contributed by atoms with E-state index in [-0.39, 0.29) is 22.4 Å². The standard InChI is InChI=1S/C17H22FN3O2S/c1-19(2)16(23)20-9-7-17(8-10-20)21(11-12-24-17)15(22)13-5-3-4-6-14(13)18/h3-6H,7-12H2,1-2H3. The molecule has 0 radical (unpaired) electrons. The predicted octanol–water partition coefficient (Wildman–Crippen LogP) is 2.49. The van der Waals surface area contributed by atoms with E-state index in [0.717, 1.165) is 18.6 Å². The molecule has 0 aliphatic carbocycles. The van der Waals surface area contributed by atoms with Crippen molar-refractivity contribution in [2.45, 2.75) is 17.7 Å². The largest absolute Gasteiger partial charge is 0.331 e. The van der Waals surface area contributed by atoms with Crippen LogP contribution in [-0.2, 0) is 0 Å². The van der Waals surface area contributed by atoms with Crippen LogP contribution in [0.2, 0.25) is 0 Å². The van der Waals surface area contributed by atoms with Crippen molar-refractivity contribution in [2.24, 2.45) is 0 Å². The van der Waals surface area contributed by atoms with Crippen molar-refractivity contribution in [1.29, 1.82) is 0 Å². The summed E-state index contributed by atoms with van der Waals surface area (Å²) in [5, 5.41) is 0. The Morgan fingerprint density at radius 2 is 1.83 bits per heavy atom. The summed E-state index contributed by atoms with van der Waals surface area (Å²) in [7, 11) is 3.48. The molecule has 7 heteroatoms. The summed E-state index contributed by atoms with van der Waals surface area (Å²) < 4.78 is 14.0. The average molecular weight is 351 g/mol. The lowest BCUT2D eigenvalue weighted by Crippen LogP contribution is -2.55. The number of rotatable bonds is 1. The molecular weight excluding hydrogens is 329 g/mol. The Morgan fingerprint density at radius 1 is 1.17 bits per heavy atom. The number of urea groups is 1. The molecule has 24 heavy (non-hydrogen) atoms. The molecule has 2 fully saturated rings. The summed E-state index contributed by atoms with van der Waals surface area (Å²) in [6.07, 6.45) is 1.44. The molecule has 2 heterocycles. The molecule has 5 nitrogen and oxygen atoms in total. The summed E-state index contributed by atoms with van der Waals surface area (Å²) >= 11 is 1.76. The van der Waals surface area contributed by atoms with Gasteiger partial charge in [0.1, 0.15) is 5.82 Å². The van der Waals surface area contributed by atoms with Gasteiger partial charge >= 0.3 is 6.03 Å². The van der Waals surface area contributed by atoms with Crippen molar-refractivity contribution in [3.63, 3.8) is 0 Å². The zero-order chi connectivity index (χ0) is 17.3. The van der Waals surface area contributed by atoms with Gasteiger partial charge in [-0.15, -0.1) is 11.8 Å². The average Bonchev–Trinajstić information content (AvgIpc) is 2.98. The summed E-state index contributed by atoms with van der Waals surface area (Å²) in [5.74, 6) is 0.127. The van der Waals surface area contributed by atoms with Gasteiger partial charge in [0.25, 0.3) is 5.91 Å². The lowest BCUT2D eigenvalue weighted by molar-refractivity contribution is 0.0565. The molecule has 3 rings (SSSR count). The van der Waals surface area contributed by atoms with Gasteiger partial charge in [0.15, 0.2) is 0 Å². The Balaban J connectivity index is 1.76. The fourth-order valence-corrected chi connectivity index (χ4v) is 4.87. The molecule has 2 aliphatic heterocycles. The summed E-state index contributed by atoms with van der Waals surface area (Å²) in [4.78, 5) is 29.8. The number of amides is 3. The van der Waals surface area contributed by atoms with Crippen molar-refractivity contribution in [3.05, 3.63) is 35.6 Å². The molecule has 2 saturated heterocycles. The van der Waals surface area contributed by atoms with E-state index in [9.17, 15) is 14.0 Å². The van der Waals surface area contributed by atoms with Crippen LogP contribution in [0, 0.1) is 5.82 Å². The summed E-state index contributed by atoms with van der Waals surface area (Å²) in [5.41, 5.74) is 0.131. The number of carbonyl (C=O) groups is 2. The van der Waals surface area contributed by atoms with Gasteiger partial charge < -0.3 is 14.7 Å². The van der Waals surface area contributed by atoms with Gasteiger partial charge in [-0.05, 0) is 25.0 Å². The third-order valence-corrected chi connectivity index (χ3v) is 6.28. The van der Waals surface area contributed by atoms with E-state index in [1.165, 1.54) is 6.07 Å². The first-order valence-corrected chi connectivity index (χ1v) is 9.10. The minimum Gasteiger partial charge on any atom is -0.331 e. The van der Waals surface area contributed by atoms with E-state index in [0.29, 0.717) is 19.6 Å². The summed E-state index contributed by atoms with van der Waals surface area (Å²) in [6, 6.07) is 6.14. The number of halogens is 1. The maximum atomic E-state index is 14.0. The lowest BCUT2D eigenvalue weighted by Gasteiger charge is -2.44. The van der Waals surface area contributed by atoms with Crippen LogP contribution in [0.25, 0.3) is 0 Å². The molecule has 0 aromatic heterocycles. The van der Waals surface area contributed by atoms with Crippen LogP contribution in [0.3, 0.4) is 0 Å². The molecule has 0 bridgehead atoms. The lowest BCUT2D eigenvalue weighted by atomic mass is 10.0. The van der Waals surface area contributed by atoms with E-state index in [1.54, 1.807) is 49.0 Å². The van der Waals surface area contributed by atoms with Crippen molar-refractivity contribution in [3.8, 4) is 0 Å². The quantitative estimate of drug-likeness (QED) is 0.781. The Bertz CT molecular complexity index is 644. The van der Waals surface area contributed by atoms with Gasteiger partial charge in [0.2, 0.25) is 0 Å². The van der Waals surface area contributed by atoms with Gasteiger partial charge in [-0.1, -0.05) is 12.1 Å². The second kappa shape index (κ2) is 6.63. The van der Waals surface area contributed by atoms with E-state index in [4.69, 9.17) is 0 Å². The molecule has 0 atom stereocenters. The highest BCUT2D eigenvalue weighted by Crippen LogP contribution is 2.44. The van der Waals surface area contributed by atoms with Crippen molar-refractivity contribution in [1.82, 2.24) is 14.7 Å². The number of nitrogens with zero attached hydrogens (tertiary/aromatic N) is 3. The van der Waals surface area contributed by atoms with Crippen LogP contribution in [0.5, 0.6) is 0 Å². The van der Waals surface area contributed by atoms with Gasteiger partial charge in [0.05, 0.1) is 10.4 Å². The van der Waals surface area contributed by atoms with Crippen molar-refractivity contribution >= 4 is 23.7 Å². The van der Waals surface area contributed by atoms with Gasteiger partial charge in [-0.2, -0.15) is 0 Å². The van der Waals surface area contributed by atoms with E-state index < -0.39 is 5.82 Å². The van der Waals surface area contributed by atoms with Crippen LogP contribution in [0.15, 0.2) is 24.3 Å². The second-order valence-corrected chi connectivity index (χ2v) is 7.85. The first-order chi connectivity index (χ1) is 11.4. The monoisotopic (exact) mass is 351 g/mol. The zero-order valence-corrected chi connectivity index (χ0v) is 14.8. The van der Waals surface area contributed by atoms with Crippen molar-refractivity contribution < 1.29 is 14.0 Å². The predicted molar refractivity (Wildman–Crippen MR) is 92.5 cm³/mol. The van der Waals surface area contributed by atoms with Crippen LogP contribution in [0.1, 0.15) is 23.2 Å². The number of carbonyl (C=O) groups excluding carboxylic acids is 2. The fourth-order valence-electron chi connectivity index (χ4n) is 3.42. The first kappa shape index (κ1) is 17.1. The van der Waals surface area contributed by atoms with Crippen LogP contribution in [-0.4, -0.2) is 71.0 Å². The maximum absolute atomic E-state index is 14.0. The minimum absolute atomic E-state index is 0.000160. The molecule has 0 N–H and O–H groups in total. The van der Waals surface area contributed by atoms with Crippen LogP contribution >= 0.6 is 11.8 Å². The minimum atomic E-state index is -0.477. The number of hydrogen-bond donors (Lipinski definition) is 0. The van der Waals surface area contributed by atoms with Crippen LogP contribution < -0.4 is 0 Å². The highest BCUT2D eigenvalue weighted by Gasteiger charge is 2.47. The van der Waals surface area contributed by atoms with Crippen molar-refractivity contribution in [2.75, 3.05) is 39.5 Å². The third kappa shape index (κ3) is 2.97. The topological polar surface area (TPSA) is 43.9 Å². The Morgan fingerprint density at radius 3 is 2.46 bits per heavy atom. The van der Waals surface area contributed by atoms with Gasteiger partial charge in [0, 0.05) is 39.5 Å². The fraction of sp³-hybridized carbons (Fsp3) is 0.529. The summed E-state index contributed by atoms with van der Waals surface area (Å²) in [6.45, 7) is 1.86. The van der Waals surface area contributed by atoms with E-state index in [2.05, 4.69) is 0 Å². The van der Waals surface area contributed by atoms with E-state index in [1.807, 2.05) is 9.80 Å². The molecule has 0 unspecified atom stereocenters. The van der Waals surface area contributed by atoms with E-state index >= 15 is 0 Å².